The molecule has 0 aromatic heterocycles. The lowest BCUT2D eigenvalue weighted by Gasteiger charge is -2.13. The molecular formula is C29H26N2O4S. The molecule has 182 valence electrons. The summed E-state index contributed by atoms with van der Waals surface area (Å²) in [7, 11) is 1.58. The number of hydrogen-bond donors (Lipinski definition) is 2. The number of para-hydroxylation sites is 1. The molecule has 0 spiro atoms. The standard InChI is InChI=1S/C29H26N2O4S/c1-20(28(32)30-22-10-16-26(17-11-22)35-25-6-4-3-5-7-25)36-27-18-12-23(13-19-27)31-29(33)21-8-14-24(34-2)15-9-21/h3-20H,1-2H3,(H,30,32)(H,31,33). The largest absolute Gasteiger partial charge is 0.497 e. The van der Waals surface area contributed by atoms with Gasteiger partial charge in [0.05, 0.1) is 12.4 Å². The number of methoxy groups -OCH3 is 1. The van der Waals surface area contributed by atoms with Crippen LogP contribution in [0.3, 0.4) is 0 Å². The first-order valence-electron chi connectivity index (χ1n) is 11.4. The van der Waals surface area contributed by atoms with E-state index in [-0.39, 0.29) is 17.1 Å². The molecule has 6 nitrogen and oxygen atoms in total. The summed E-state index contributed by atoms with van der Waals surface area (Å²) in [6.07, 6.45) is 0. The zero-order chi connectivity index (χ0) is 25.3. The van der Waals surface area contributed by atoms with Crippen LogP contribution in [0.25, 0.3) is 0 Å². The SMILES string of the molecule is COc1ccc(C(=O)Nc2ccc(SC(C)C(=O)Nc3ccc(Oc4ccccc4)cc3)cc2)cc1. The van der Waals surface area contributed by atoms with Crippen molar-refractivity contribution in [3.05, 3.63) is 109 Å². The van der Waals surface area contributed by atoms with Crippen LogP contribution in [-0.4, -0.2) is 24.2 Å². The number of benzene rings is 4. The topological polar surface area (TPSA) is 76.7 Å². The van der Waals surface area contributed by atoms with Crippen LogP contribution in [-0.2, 0) is 4.79 Å². The lowest BCUT2D eigenvalue weighted by atomic mass is 10.2. The molecule has 1 atom stereocenters. The van der Waals surface area contributed by atoms with Crippen molar-refractivity contribution in [2.75, 3.05) is 17.7 Å². The Kier molecular flexibility index (Phi) is 8.26. The average molecular weight is 499 g/mol. The molecule has 0 radical (unpaired) electrons. The second-order valence-electron chi connectivity index (χ2n) is 7.90. The van der Waals surface area contributed by atoms with E-state index < -0.39 is 0 Å². The Morgan fingerprint density at radius 3 is 1.89 bits per heavy atom. The van der Waals surface area contributed by atoms with Crippen molar-refractivity contribution in [2.24, 2.45) is 0 Å². The van der Waals surface area contributed by atoms with Gasteiger partial charge in [-0.05, 0) is 91.9 Å². The molecule has 0 aliphatic heterocycles. The lowest BCUT2D eigenvalue weighted by Crippen LogP contribution is -2.22. The fraction of sp³-hybridized carbons (Fsp3) is 0.103. The molecule has 0 aliphatic rings. The molecule has 0 fully saturated rings. The van der Waals surface area contributed by atoms with Crippen LogP contribution in [0.4, 0.5) is 11.4 Å². The number of nitrogens with one attached hydrogen (secondary N) is 2. The summed E-state index contributed by atoms with van der Waals surface area (Å²) in [6, 6.07) is 31.1. The highest BCUT2D eigenvalue weighted by Crippen LogP contribution is 2.27. The number of thioether (sulfide) groups is 1. The van der Waals surface area contributed by atoms with Crippen LogP contribution >= 0.6 is 11.8 Å². The maximum atomic E-state index is 12.7. The quantitative estimate of drug-likeness (QED) is 0.247. The maximum Gasteiger partial charge on any atom is 0.255 e. The molecule has 0 bridgehead atoms. The number of carbonyl (C=O) groups excluding carboxylic acids is 2. The number of anilines is 2. The second kappa shape index (κ2) is 12.0. The third-order valence-corrected chi connectivity index (χ3v) is 6.36. The first-order valence-corrected chi connectivity index (χ1v) is 12.2. The molecule has 4 rings (SSSR count). The van der Waals surface area contributed by atoms with E-state index in [9.17, 15) is 9.59 Å². The van der Waals surface area contributed by atoms with Gasteiger partial charge in [0.15, 0.2) is 0 Å². The summed E-state index contributed by atoms with van der Waals surface area (Å²) in [5.74, 6) is 1.84. The van der Waals surface area contributed by atoms with Gasteiger partial charge in [-0.25, -0.2) is 0 Å². The van der Waals surface area contributed by atoms with E-state index in [2.05, 4.69) is 10.6 Å². The van der Waals surface area contributed by atoms with Crippen LogP contribution in [0.2, 0.25) is 0 Å². The normalized spacial score (nSPS) is 11.3. The fourth-order valence-corrected chi connectivity index (χ4v) is 4.16. The van der Waals surface area contributed by atoms with Gasteiger partial charge < -0.3 is 20.1 Å². The predicted octanol–water partition coefficient (Wildman–Crippen LogP) is 6.86. The van der Waals surface area contributed by atoms with Gasteiger partial charge in [-0.1, -0.05) is 18.2 Å². The number of amides is 2. The van der Waals surface area contributed by atoms with E-state index in [0.717, 1.165) is 10.6 Å². The smallest absolute Gasteiger partial charge is 0.255 e. The van der Waals surface area contributed by atoms with E-state index in [0.29, 0.717) is 28.4 Å². The fourth-order valence-electron chi connectivity index (χ4n) is 3.29. The van der Waals surface area contributed by atoms with E-state index in [1.807, 2.05) is 85.8 Å². The number of carbonyl (C=O) groups is 2. The van der Waals surface area contributed by atoms with Crippen molar-refractivity contribution in [2.45, 2.75) is 17.1 Å². The molecule has 0 heterocycles. The van der Waals surface area contributed by atoms with Crippen molar-refractivity contribution in [3.63, 3.8) is 0 Å². The lowest BCUT2D eigenvalue weighted by molar-refractivity contribution is -0.115. The summed E-state index contributed by atoms with van der Waals surface area (Å²) >= 11 is 1.44. The van der Waals surface area contributed by atoms with Crippen molar-refractivity contribution in [1.29, 1.82) is 0 Å². The van der Waals surface area contributed by atoms with Crippen molar-refractivity contribution < 1.29 is 19.1 Å². The molecule has 0 saturated heterocycles. The van der Waals surface area contributed by atoms with E-state index in [4.69, 9.17) is 9.47 Å². The van der Waals surface area contributed by atoms with Crippen molar-refractivity contribution in [1.82, 2.24) is 0 Å². The summed E-state index contributed by atoms with van der Waals surface area (Å²) in [4.78, 5) is 26.0. The molecule has 1 unspecified atom stereocenters. The van der Waals surface area contributed by atoms with E-state index >= 15 is 0 Å². The molecule has 36 heavy (non-hydrogen) atoms. The first kappa shape index (κ1) is 24.9. The maximum absolute atomic E-state index is 12.7. The molecule has 0 aliphatic carbocycles. The van der Waals surface area contributed by atoms with Gasteiger partial charge in [0.1, 0.15) is 17.2 Å². The summed E-state index contributed by atoms with van der Waals surface area (Å²) < 4.78 is 10.9. The van der Waals surface area contributed by atoms with Gasteiger partial charge in [0, 0.05) is 21.8 Å². The number of ether oxygens (including phenoxy) is 2. The van der Waals surface area contributed by atoms with Gasteiger partial charge in [-0.3, -0.25) is 9.59 Å². The molecule has 4 aromatic rings. The number of rotatable bonds is 9. The molecule has 2 amide bonds. The monoisotopic (exact) mass is 498 g/mol. The van der Waals surface area contributed by atoms with Crippen LogP contribution in [0.15, 0.2) is 108 Å². The highest BCUT2D eigenvalue weighted by atomic mass is 32.2. The van der Waals surface area contributed by atoms with Gasteiger partial charge >= 0.3 is 0 Å². The van der Waals surface area contributed by atoms with E-state index in [1.54, 1.807) is 31.4 Å². The Bertz CT molecular complexity index is 1290. The highest BCUT2D eigenvalue weighted by Gasteiger charge is 2.15. The Hall–Kier alpha value is -4.23. The Balaban J connectivity index is 1.27. The minimum atomic E-state index is -0.315. The highest BCUT2D eigenvalue weighted by molar-refractivity contribution is 8.00. The Morgan fingerprint density at radius 2 is 1.25 bits per heavy atom. The third kappa shape index (κ3) is 6.90. The molecule has 4 aromatic carbocycles. The van der Waals surface area contributed by atoms with Crippen LogP contribution in [0, 0.1) is 0 Å². The van der Waals surface area contributed by atoms with E-state index in [1.165, 1.54) is 11.8 Å². The summed E-state index contributed by atoms with van der Waals surface area (Å²) in [5, 5.41) is 5.49. The Labute approximate surface area is 214 Å². The predicted molar refractivity (Wildman–Crippen MR) is 144 cm³/mol. The summed E-state index contributed by atoms with van der Waals surface area (Å²) in [6.45, 7) is 1.85. The molecular weight excluding hydrogens is 472 g/mol. The molecule has 2 N–H and O–H groups in total. The molecule has 7 heteroatoms. The average Bonchev–Trinajstić information content (AvgIpc) is 2.91. The first-order chi connectivity index (χ1) is 17.5. The van der Waals surface area contributed by atoms with Gasteiger partial charge in [-0.2, -0.15) is 0 Å². The minimum absolute atomic E-state index is 0.103. The van der Waals surface area contributed by atoms with Crippen LogP contribution < -0.4 is 20.1 Å². The van der Waals surface area contributed by atoms with Crippen LogP contribution in [0.5, 0.6) is 17.2 Å². The summed E-state index contributed by atoms with van der Waals surface area (Å²) in [5.41, 5.74) is 1.92. The minimum Gasteiger partial charge on any atom is -0.497 e. The number of hydrogen-bond acceptors (Lipinski definition) is 5. The van der Waals surface area contributed by atoms with Crippen molar-refractivity contribution in [3.8, 4) is 17.2 Å². The Morgan fingerprint density at radius 1 is 0.694 bits per heavy atom. The van der Waals surface area contributed by atoms with Gasteiger partial charge in [0.25, 0.3) is 5.91 Å². The van der Waals surface area contributed by atoms with Gasteiger partial charge in [0.2, 0.25) is 5.91 Å². The second-order valence-corrected chi connectivity index (χ2v) is 9.31. The van der Waals surface area contributed by atoms with Crippen LogP contribution in [0.1, 0.15) is 17.3 Å². The van der Waals surface area contributed by atoms with Gasteiger partial charge in [-0.15, -0.1) is 11.8 Å². The van der Waals surface area contributed by atoms with Crippen molar-refractivity contribution >= 4 is 35.0 Å². The zero-order valence-corrected chi connectivity index (χ0v) is 20.8. The molecule has 0 saturated carbocycles. The zero-order valence-electron chi connectivity index (χ0n) is 19.9. The third-order valence-electron chi connectivity index (χ3n) is 5.25.